The van der Waals surface area contributed by atoms with Crippen molar-refractivity contribution in [1.29, 1.82) is 0 Å². The average Bonchev–Trinajstić information content (AvgIpc) is 3.10. The van der Waals surface area contributed by atoms with E-state index in [2.05, 4.69) is 15.9 Å². The number of rotatable bonds is 5. The Morgan fingerprint density at radius 2 is 2.11 bits per heavy atom. The molecule has 0 amide bonds. The van der Waals surface area contributed by atoms with Gasteiger partial charge in [0.05, 0.1) is 4.92 Å². The lowest BCUT2D eigenvalue weighted by molar-refractivity contribution is -0.388. The SMILES string of the molecule is CS(=O)(=O)c1cccc(CC(Br)C2CC2)c1[N+](=O)[O-]. The summed E-state index contributed by atoms with van der Waals surface area (Å²) >= 11 is 3.53. The number of hydrogen-bond donors (Lipinski definition) is 0. The maximum atomic E-state index is 11.6. The summed E-state index contributed by atoms with van der Waals surface area (Å²) in [5, 5.41) is 11.2. The quantitative estimate of drug-likeness (QED) is 0.466. The number of sulfone groups is 1. The lowest BCUT2D eigenvalue weighted by Crippen LogP contribution is -2.10. The predicted molar refractivity (Wildman–Crippen MR) is 75.3 cm³/mol. The van der Waals surface area contributed by atoms with Gasteiger partial charge in [0, 0.05) is 16.6 Å². The van der Waals surface area contributed by atoms with Crippen molar-refractivity contribution in [3.8, 4) is 0 Å². The van der Waals surface area contributed by atoms with Gasteiger partial charge in [0.15, 0.2) is 9.84 Å². The molecule has 0 aromatic heterocycles. The first-order chi connectivity index (χ1) is 8.80. The monoisotopic (exact) mass is 347 g/mol. The van der Waals surface area contributed by atoms with Crippen molar-refractivity contribution in [2.75, 3.05) is 6.26 Å². The van der Waals surface area contributed by atoms with Crippen molar-refractivity contribution in [3.63, 3.8) is 0 Å². The van der Waals surface area contributed by atoms with E-state index in [0.717, 1.165) is 19.1 Å². The molecule has 2 rings (SSSR count). The Bertz CT molecular complexity index is 610. The number of halogens is 1. The van der Waals surface area contributed by atoms with Crippen molar-refractivity contribution in [1.82, 2.24) is 0 Å². The molecular formula is C12H14BrNO4S. The fourth-order valence-electron chi connectivity index (χ4n) is 2.07. The highest BCUT2D eigenvalue weighted by Gasteiger charge is 2.32. The van der Waals surface area contributed by atoms with Crippen molar-refractivity contribution >= 4 is 31.5 Å². The van der Waals surface area contributed by atoms with Crippen LogP contribution in [0.2, 0.25) is 0 Å². The first-order valence-corrected chi connectivity index (χ1v) is 8.72. The molecule has 1 saturated carbocycles. The lowest BCUT2D eigenvalue weighted by atomic mass is 10.1. The van der Waals surface area contributed by atoms with E-state index >= 15 is 0 Å². The summed E-state index contributed by atoms with van der Waals surface area (Å²) in [6.07, 6.45) is 3.71. The van der Waals surface area contributed by atoms with Crippen LogP contribution in [0.25, 0.3) is 0 Å². The standard InChI is InChI=1S/C12H14BrNO4S/c1-19(17,18)11-4-2-3-9(12(11)14(15)16)7-10(13)8-5-6-8/h2-4,8,10H,5-7H2,1H3. The number of nitro benzene ring substituents is 1. The normalized spacial score (nSPS) is 17.2. The molecule has 0 heterocycles. The van der Waals surface area contributed by atoms with E-state index < -0.39 is 14.8 Å². The Hall–Kier alpha value is -0.950. The first kappa shape index (κ1) is 14.5. The van der Waals surface area contributed by atoms with Gasteiger partial charge in [-0.05, 0) is 31.2 Å². The summed E-state index contributed by atoms with van der Waals surface area (Å²) in [4.78, 5) is 10.5. The van der Waals surface area contributed by atoms with Gasteiger partial charge in [0.25, 0.3) is 5.69 Å². The Kier molecular flexibility index (Phi) is 3.96. The Balaban J connectivity index is 2.45. The average molecular weight is 348 g/mol. The molecule has 7 heteroatoms. The molecule has 1 aliphatic rings. The maximum absolute atomic E-state index is 11.6. The number of nitro groups is 1. The second kappa shape index (κ2) is 5.20. The third-order valence-corrected chi connectivity index (χ3v) is 5.41. The van der Waals surface area contributed by atoms with Crippen LogP contribution in [0.15, 0.2) is 23.1 Å². The second-order valence-corrected chi connectivity index (χ2v) is 8.01. The topological polar surface area (TPSA) is 77.3 Å². The zero-order chi connectivity index (χ0) is 14.2. The van der Waals surface area contributed by atoms with E-state index in [1.165, 1.54) is 6.07 Å². The van der Waals surface area contributed by atoms with Crippen LogP contribution >= 0.6 is 15.9 Å². The number of hydrogen-bond acceptors (Lipinski definition) is 4. The Morgan fingerprint density at radius 3 is 2.58 bits per heavy atom. The number of alkyl halides is 1. The van der Waals surface area contributed by atoms with Crippen LogP contribution < -0.4 is 0 Å². The molecule has 1 aromatic rings. The minimum absolute atomic E-state index is 0.168. The van der Waals surface area contributed by atoms with Crippen LogP contribution in [-0.2, 0) is 16.3 Å². The summed E-state index contributed by atoms with van der Waals surface area (Å²) in [6.45, 7) is 0. The molecule has 0 radical (unpaired) electrons. The van der Waals surface area contributed by atoms with E-state index in [4.69, 9.17) is 0 Å². The number of para-hydroxylation sites is 1. The molecule has 1 aliphatic carbocycles. The van der Waals surface area contributed by atoms with Gasteiger partial charge in [-0.1, -0.05) is 28.1 Å². The molecule has 0 N–H and O–H groups in total. The van der Waals surface area contributed by atoms with Gasteiger partial charge < -0.3 is 0 Å². The Labute approximate surface area is 120 Å². The predicted octanol–water partition coefficient (Wildman–Crippen LogP) is 2.71. The number of benzene rings is 1. The van der Waals surface area contributed by atoms with Gasteiger partial charge >= 0.3 is 0 Å². The first-order valence-electron chi connectivity index (χ1n) is 5.91. The van der Waals surface area contributed by atoms with Gasteiger partial charge in [-0.25, -0.2) is 8.42 Å². The molecule has 104 valence electrons. The van der Waals surface area contributed by atoms with Crippen LogP contribution in [0, 0.1) is 16.0 Å². The lowest BCUT2D eigenvalue weighted by Gasteiger charge is -2.10. The zero-order valence-corrected chi connectivity index (χ0v) is 12.8. The summed E-state index contributed by atoms with van der Waals surface area (Å²) in [5.74, 6) is 0.543. The molecule has 1 aromatic carbocycles. The molecule has 0 aliphatic heterocycles. The van der Waals surface area contributed by atoms with Crippen molar-refractivity contribution in [2.45, 2.75) is 29.0 Å². The van der Waals surface area contributed by atoms with Crippen molar-refractivity contribution in [3.05, 3.63) is 33.9 Å². The van der Waals surface area contributed by atoms with Gasteiger partial charge in [0.1, 0.15) is 4.90 Å². The summed E-state index contributed by atoms with van der Waals surface area (Å²) < 4.78 is 23.3. The molecule has 0 spiro atoms. The molecule has 19 heavy (non-hydrogen) atoms. The van der Waals surface area contributed by atoms with E-state index in [1.54, 1.807) is 12.1 Å². The van der Waals surface area contributed by atoms with E-state index in [0.29, 0.717) is 17.9 Å². The highest BCUT2D eigenvalue weighted by molar-refractivity contribution is 9.09. The van der Waals surface area contributed by atoms with Crippen LogP contribution in [-0.4, -0.2) is 24.4 Å². The number of nitrogens with zero attached hydrogens (tertiary/aromatic N) is 1. The van der Waals surface area contributed by atoms with Crippen LogP contribution in [0.5, 0.6) is 0 Å². The highest BCUT2D eigenvalue weighted by atomic mass is 79.9. The van der Waals surface area contributed by atoms with Gasteiger partial charge in [0.2, 0.25) is 0 Å². The maximum Gasteiger partial charge on any atom is 0.291 e. The van der Waals surface area contributed by atoms with E-state index in [9.17, 15) is 18.5 Å². The summed E-state index contributed by atoms with van der Waals surface area (Å²) in [6, 6.07) is 4.48. The van der Waals surface area contributed by atoms with Gasteiger partial charge in [-0.3, -0.25) is 10.1 Å². The Morgan fingerprint density at radius 1 is 1.47 bits per heavy atom. The molecule has 1 atom stereocenters. The molecule has 1 unspecified atom stereocenters. The zero-order valence-electron chi connectivity index (χ0n) is 10.4. The summed E-state index contributed by atoms with van der Waals surface area (Å²) in [5.41, 5.74) is 0.191. The largest absolute Gasteiger partial charge is 0.291 e. The smallest absolute Gasteiger partial charge is 0.258 e. The molecular weight excluding hydrogens is 334 g/mol. The minimum Gasteiger partial charge on any atom is -0.258 e. The van der Waals surface area contributed by atoms with E-state index in [1.807, 2.05) is 0 Å². The van der Waals surface area contributed by atoms with Crippen molar-refractivity contribution < 1.29 is 13.3 Å². The van der Waals surface area contributed by atoms with Crippen LogP contribution in [0.1, 0.15) is 18.4 Å². The molecule has 5 nitrogen and oxygen atoms in total. The van der Waals surface area contributed by atoms with Gasteiger partial charge in [-0.2, -0.15) is 0 Å². The summed E-state index contributed by atoms with van der Waals surface area (Å²) in [7, 11) is -3.60. The third kappa shape index (κ3) is 3.33. The second-order valence-electron chi connectivity index (χ2n) is 4.85. The third-order valence-electron chi connectivity index (χ3n) is 3.21. The molecule has 0 bridgehead atoms. The van der Waals surface area contributed by atoms with Gasteiger partial charge in [-0.15, -0.1) is 0 Å². The fraction of sp³-hybridized carbons (Fsp3) is 0.500. The van der Waals surface area contributed by atoms with E-state index in [-0.39, 0.29) is 15.4 Å². The van der Waals surface area contributed by atoms with Crippen LogP contribution in [0.4, 0.5) is 5.69 Å². The molecule has 0 saturated heterocycles. The highest BCUT2D eigenvalue weighted by Crippen LogP contribution is 2.40. The minimum atomic E-state index is -3.60. The fourth-order valence-corrected chi connectivity index (χ4v) is 3.83. The molecule has 1 fully saturated rings. The van der Waals surface area contributed by atoms with Crippen LogP contribution in [0.3, 0.4) is 0 Å². The van der Waals surface area contributed by atoms with Crippen molar-refractivity contribution in [2.24, 2.45) is 5.92 Å².